The molecule has 1 heterocycles. The molecule has 2 rings (SSSR count). The Labute approximate surface area is 118 Å². The molecule has 0 bridgehead atoms. The zero-order valence-electron chi connectivity index (χ0n) is 11.7. The van der Waals surface area contributed by atoms with Crippen molar-refractivity contribution in [2.24, 2.45) is 5.92 Å². The molecule has 0 aliphatic heterocycles. The highest BCUT2D eigenvalue weighted by molar-refractivity contribution is 5.95. The van der Waals surface area contributed by atoms with Crippen LogP contribution in [0.1, 0.15) is 36.2 Å². The molecule has 0 radical (unpaired) electrons. The van der Waals surface area contributed by atoms with E-state index in [4.69, 9.17) is 0 Å². The van der Waals surface area contributed by atoms with Gasteiger partial charge < -0.3 is 0 Å². The Kier molecular flexibility index (Phi) is 4.45. The molecule has 0 saturated heterocycles. The quantitative estimate of drug-likeness (QED) is 0.784. The van der Waals surface area contributed by atoms with Crippen LogP contribution >= 0.6 is 0 Å². The van der Waals surface area contributed by atoms with Crippen molar-refractivity contribution in [1.29, 1.82) is 0 Å². The predicted molar refractivity (Wildman–Crippen MR) is 77.8 cm³/mol. The van der Waals surface area contributed by atoms with Crippen molar-refractivity contribution >= 4 is 5.78 Å². The van der Waals surface area contributed by atoms with Gasteiger partial charge in [0.25, 0.3) is 5.56 Å². The molecule has 0 amide bonds. The molecule has 20 heavy (non-hydrogen) atoms. The van der Waals surface area contributed by atoms with Gasteiger partial charge in [0.1, 0.15) is 0 Å². The summed E-state index contributed by atoms with van der Waals surface area (Å²) in [5, 5.41) is 4.05. The number of nitrogens with zero attached hydrogens (tertiary/aromatic N) is 2. The van der Waals surface area contributed by atoms with Gasteiger partial charge in [-0.25, -0.2) is 4.68 Å². The third-order valence-corrected chi connectivity index (χ3v) is 2.98. The Balaban J connectivity index is 2.28. The van der Waals surface area contributed by atoms with Crippen LogP contribution in [0.5, 0.6) is 0 Å². The molecule has 2 aromatic rings. The number of hydrogen-bond donors (Lipinski definition) is 0. The maximum absolute atomic E-state index is 12.3. The number of hydrogen-bond acceptors (Lipinski definition) is 3. The summed E-state index contributed by atoms with van der Waals surface area (Å²) in [6.45, 7) is 4.30. The monoisotopic (exact) mass is 270 g/mol. The second-order valence-corrected chi connectivity index (χ2v) is 5.21. The Bertz CT molecular complexity index is 645. The number of aromatic nitrogens is 2. The van der Waals surface area contributed by atoms with Crippen molar-refractivity contribution in [2.45, 2.75) is 26.8 Å². The van der Waals surface area contributed by atoms with Crippen LogP contribution in [-0.4, -0.2) is 15.6 Å². The molecule has 104 valence electrons. The molecule has 0 unspecified atom stereocenters. The highest BCUT2D eigenvalue weighted by Crippen LogP contribution is 2.06. The summed E-state index contributed by atoms with van der Waals surface area (Å²) in [7, 11) is 0. The lowest BCUT2D eigenvalue weighted by Crippen LogP contribution is -2.28. The van der Waals surface area contributed by atoms with E-state index in [1.165, 1.54) is 16.9 Å². The zero-order chi connectivity index (χ0) is 14.5. The van der Waals surface area contributed by atoms with Gasteiger partial charge in [0.2, 0.25) is 0 Å². The fourth-order valence-electron chi connectivity index (χ4n) is 2.01. The summed E-state index contributed by atoms with van der Waals surface area (Å²) in [4.78, 5) is 24.3. The lowest BCUT2D eigenvalue weighted by molar-refractivity contribution is 0.0965. The van der Waals surface area contributed by atoms with Crippen LogP contribution in [0.15, 0.2) is 47.4 Å². The SMILES string of the molecule is CC(C)CC(=O)c1ccnn(Cc2ccccc2)c1=O. The van der Waals surface area contributed by atoms with E-state index in [-0.39, 0.29) is 22.8 Å². The van der Waals surface area contributed by atoms with Crippen molar-refractivity contribution < 1.29 is 4.79 Å². The molecule has 0 aliphatic carbocycles. The van der Waals surface area contributed by atoms with E-state index < -0.39 is 0 Å². The van der Waals surface area contributed by atoms with Gasteiger partial charge in [-0.3, -0.25) is 9.59 Å². The van der Waals surface area contributed by atoms with E-state index in [2.05, 4.69) is 5.10 Å². The van der Waals surface area contributed by atoms with E-state index in [1.807, 2.05) is 44.2 Å². The van der Waals surface area contributed by atoms with Gasteiger partial charge in [-0.1, -0.05) is 44.2 Å². The van der Waals surface area contributed by atoms with E-state index in [0.717, 1.165) is 5.56 Å². The highest BCUT2D eigenvalue weighted by Gasteiger charge is 2.14. The largest absolute Gasteiger partial charge is 0.294 e. The summed E-state index contributed by atoms with van der Waals surface area (Å²) < 4.78 is 1.34. The second kappa shape index (κ2) is 6.28. The van der Waals surface area contributed by atoms with E-state index >= 15 is 0 Å². The number of benzene rings is 1. The molecule has 1 aromatic carbocycles. The van der Waals surface area contributed by atoms with Crippen LogP contribution in [0.3, 0.4) is 0 Å². The number of ketones is 1. The van der Waals surface area contributed by atoms with Crippen molar-refractivity contribution in [2.75, 3.05) is 0 Å². The Morgan fingerprint density at radius 1 is 1.20 bits per heavy atom. The number of carbonyl (C=O) groups excluding carboxylic acids is 1. The summed E-state index contributed by atoms with van der Waals surface area (Å²) in [5.41, 5.74) is 0.891. The molecule has 0 spiro atoms. The third-order valence-electron chi connectivity index (χ3n) is 2.98. The Hall–Kier alpha value is -2.23. The van der Waals surface area contributed by atoms with Gasteiger partial charge in [-0.05, 0) is 17.5 Å². The third kappa shape index (κ3) is 3.41. The maximum Gasteiger partial charge on any atom is 0.277 e. The van der Waals surface area contributed by atoms with Crippen LogP contribution < -0.4 is 5.56 Å². The zero-order valence-corrected chi connectivity index (χ0v) is 11.7. The van der Waals surface area contributed by atoms with Crippen molar-refractivity contribution in [3.8, 4) is 0 Å². The van der Waals surface area contributed by atoms with Gasteiger partial charge in [0.15, 0.2) is 5.78 Å². The van der Waals surface area contributed by atoms with Crippen molar-refractivity contribution in [3.63, 3.8) is 0 Å². The average Bonchev–Trinajstić information content (AvgIpc) is 2.41. The normalized spacial score (nSPS) is 10.8. The standard InChI is InChI=1S/C16H18N2O2/c1-12(2)10-15(19)14-8-9-17-18(16(14)20)11-13-6-4-3-5-7-13/h3-9,12H,10-11H2,1-2H3. The molecule has 0 fully saturated rings. The molecule has 1 aromatic heterocycles. The van der Waals surface area contributed by atoms with Gasteiger partial charge >= 0.3 is 0 Å². The summed E-state index contributed by atoms with van der Waals surface area (Å²) in [6, 6.07) is 11.1. The van der Waals surface area contributed by atoms with Gasteiger partial charge in [-0.2, -0.15) is 5.10 Å². The summed E-state index contributed by atoms with van der Waals surface area (Å²) in [6.07, 6.45) is 1.89. The Morgan fingerprint density at radius 2 is 1.90 bits per heavy atom. The second-order valence-electron chi connectivity index (χ2n) is 5.21. The maximum atomic E-state index is 12.3. The molecule has 0 atom stereocenters. The van der Waals surface area contributed by atoms with Crippen LogP contribution in [0.2, 0.25) is 0 Å². The van der Waals surface area contributed by atoms with E-state index in [0.29, 0.717) is 13.0 Å². The minimum absolute atomic E-state index is 0.116. The van der Waals surface area contributed by atoms with Crippen LogP contribution in [0.4, 0.5) is 0 Å². The fourth-order valence-corrected chi connectivity index (χ4v) is 2.01. The molecular weight excluding hydrogens is 252 g/mol. The predicted octanol–water partition coefficient (Wildman–Crippen LogP) is 2.52. The first kappa shape index (κ1) is 14.2. The Morgan fingerprint density at radius 3 is 2.55 bits per heavy atom. The van der Waals surface area contributed by atoms with Crippen LogP contribution in [0.25, 0.3) is 0 Å². The van der Waals surface area contributed by atoms with Gasteiger partial charge in [0, 0.05) is 12.6 Å². The molecule has 0 aliphatic rings. The first-order valence-corrected chi connectivity index (χ1v) is 6.71. The first-order chi connectivity index (χ1) is 9.58. The van der Waals surface area contributed by atoms with E-state index in [1.54, 1.807) is 0 Å². The van der Waals surface area contributed by atoms with Gasteiger partial charge in [0.05, 0.1) is 12.1 Å². The average molecular weight is 270 g/mol. The summed E-state index contributed by atoms with van der Waals surface area (Å²) >= 11 is 0. The lowest BCUT2D eigenvalue weighted by atomic mass is 10.0. The molecular formula is C16H18N2O2. The minimum atomic E-state index is -0.318. The van der Waals surface area contributed by atoms with E-state index in [9.17, 15) is 9.59 Å². The molecule has 4 heteroatoms. The highest BCUT2D eigenvalue weighted by atomic mass is 16.1. The lowest BCUT2D eigenvalue weighted by Gasteiger charge is -2.07. The van der Waals surface area contributed by atoms with Crippen LogP contribution in [0, 0.1) is 5.92 Å². The number of rotatable bonds is 5. The smallest absolute Gasteiger partial charge is 0.277 e. The number of Topliss-reactive ketones (excluding diaryl/α,β-unsaturated/α-hetero) is 1. The molecule has 4 nitrogen and oxygen atoms in total. The molecule has 0 saturated carbocycles. The van der Waals surface area contributed by atoms with Crippen LogP contribution in [-0.2, 0) is 6.54 Å². The van der Waals surface area contributed by atoms with Gasteiger partial charge in [-0.15, -0.1) is 0 Å². The summed E-state index contributed by atoms with van der Waals surface area (Å²) in [5.74, 6) is 0.117. The number of carbonyl (C=O) groups is 1. The first-order valence-electron chi connectivity index (χ1n) is 6.71. The fraction of sp³-hybridized carbons (Fsp3) is 0.312. The molecule has 0 N–H and O–H groups in total. The topological polar surface area (TPSA) is 52.0 Å². The minimum Gasteiger partial charge on any atom is -0.294 e. The van der Waals surface area contributed by atoms with Crippen molar-refractivity contribution in [1.82, 2.24) is 9.78 Å². The van der Waals surface area contributed by atoms with Crippen molar-refractivity contribution in [3.05, 3.63) is 64.1 Å².